The predicted molar refractivity (Wildman–Crippen MR) is 483 cm³/mol. The van der Waals surface area contributed by atoms with Crippen LogP contribution in [0.2, 0.25) is 0 Å². The molecule has 2 saturated carbocycles. The molecule has 6 aliphatic heterocycles. The largest absolute Gasteiger partial charge is 0.423 e. The molecule has 3 spiro atoms. The molecule has 24 rings (SSSR count). The summed E-state index contributed by atoms with van der Waals surface area (Å²) in [5, 5.41) is 19.7. The fourth-order valence-electron chi connectivity index (χ4n) is 20.9. The van der Waals surface area contributed by atoms with Crippen LogP contribution in [-0.4, -0.2) is 176 Å². The maximum atomic E-state index is 14.5. The molecule has 32 heteroatoms. The Bertz CT molecular complexity index is 6370. The van der Waals surface area contributed by atoms with E-state index in [0.29, 0.717) is 72.7 Å². The smallest absolute Gasteiger partial charge is 0.324 e. The summed E-state index contributed by atoms with van der Waals surface area (Å²) in [5.74, 6) is 4.97. The number of aromatic nitrogens is 12. The molecule has 656 valence electrons. The third-order valence-corrected chi connectivity index (χ3v) is 27.8. The van der Waals surface area contributed by atoms with Crippen molar-refractivity contribution in [2.24, 2.45) is 22.8 Å². The van der Waals surface area contributed by atoms with Crippen molar-refractivity contribution in [3.05, 3.63) is 213 Å². The molecule has 12 aromatic rings. The summed E-state index contributed by atoms with van der Waals surface area (Å²) in [4.78, 5) is 64.5. The third-order valence-electron chi connectivity index (χ3n) is 27.8. The SMILES string of the molecule is CNc1cc(F)cc2c1Cc1nc(Oc3ccc(C)nc3)nc(N3CC4(CCCN4)C3)c1-2.CNc1cc(F)cc2c1Cc1nc(Oc3ccc(C)nc3)nc(N3CC4(CCN4)C3)c1-2.CNc1cc(F)cc2c1Cc1nc(Oc3ccc(C)nc3)nc(N3CC4CC3CC4N)c1-2.CNc1cc(F)cc2c1Cc1nc(Oc3ccc(C)nc3)nc(N3CCC4(CCC4N)C3)c1-2. The maximum Gasteiger partial charge on any atom is 0.324 e. The lowest BCUT2D eigenvalue weighted by molar-refractivity contribution is 0.122. The zero-order valence-corrected chi connectivity index (χ0v) is 72.7. The zero-order chi connectivity index (χ0) is 87.8. The van der Waals surface area contributed by atoms with Crippen LogP contribution < -0.4 is 81.9 Å². The van der Waals surface area contributed by atoms with Gasteiger partial charge < -0.3 is 81.9 Å². The summed E-state index contributed by atoms with van der Waals surface area (Å²) in [5.41, 5.74) is 34.7. The number of anilines is 8. The van der Waals surface area contributed by atoms with Crippen LogP contribution in [0.1, 0.15) is 119 Å². The van der Waals surface area contributed by atoms with E-state index in [1.54, 1.807) is 49.1 Å². The topological polar surface area (TPSA) is 329 Å². The lowest BCUT2D eigenvalue weighted by Gasteiger charge is -2.57. The molecule has 6 saturated heterocycles. The Morgan fingerprint density at radius 1 is 0.406 bits per heavy atom. The number of piperidine rings is 1. The number of nitrogens with two attached hydrogens (primary N) is 2. The molecule has 8 fully saturated rings. The second-order valence-electron chi connectivity index (χ2n) is 36.0. The second-order valence-corrected chi connectivity index (χ2v) is 36.0. The Morgan fingerprint density at radius 2 is 0.758 bits per heavy atom. The highest BCUT2D eigenvalue weighted by Gasteiger charge is 2.53. The number of aryl methyl sites for hydroxylation is 4. The van der Waals surface area contributed by atoms with Gasteiger partial charge in [-0.15, -0.1) is 0 Å². The van der Waals surface area contributed by atoms with Gasteiger partial charge in [-0.3, -0.25) is 19.9 Å². The summed E-state index contributed by atoms with van der Waals surface area (Å²) >= 11 is 0. The minimum Gasteiger partial charge on any atom is -0.423 e. The number of benzene rings is 4. The molecular formula is C96H100F4N24O4. The van der Waals surface area contributed by atoms with Crippen molar-refractivity contribution in [1.82, 2.24) is 70.4 Å². The van der Waals surface area contributed by atoms with Crippen LogP contribution in [-0.2, 0) is 25.7 Å². The van der Waals surface area contributed by atoms with Gasteiger partial charge in [0.05, 0.1) is 58.6 Å². The fraction of sp³-hybridized carbons (Fsp3) is 0.375. The Morgan fingerprint density at radius 3 is 1.04 bits per heavy atom. The molecule has 2 bridgehead atoms. The van der Waals surface area contributed by atoms with Gasteiger partial charge in [-0.05, 0) is 240 Å². The minimum atomic E-state index is -0.276. The molecule has 28 nitrogen and oxygen atoms in total. The Balaban J connectivity index is 0.000000104. The van der Waals surface area contributed by atoms with Crippen molar-refractivity contribution in [3.8, 4) is 91.5 Å². The van der Waals surface area contributed by atoms with E-state index in [9.17, 15) is 17.6 Å². The van der Waals surface area contributed by atoms with Crippen molar-refractivity contribution in [3.63, 3.8) is 0 Å². The summed E-state index contributed by atoms with van der Waals surface area (Å²) in [7, 11) is 7.25. The first kappa shape index (κ1) is 82.0. The average Bonchev–Trinajstić information content (AvgIpc) is 1.26. The number of fused-ring (bicyclic) bond motifs is 14. The Kier molecular flexibility index (Phi) is 20.7. The number of halogens is 4. The summed E-state index contributed by atoms with van der Waals surface area (Å²) in [6.07, 6.45) is 17.9. The highest BCUT2D eigenvalue weighted by atomic mass is 19.1. The van der Waals surface area contributed by atoms with E-state index in [2.05, 4.69) is 71.4 Å². The Hall–Kier alpha value is -13.0. The van der Waals surface area contributed by atoms with E-state index in [4.69, 9.17) is 70.3 Å². The van der Waals surface area contributed by atoms with E-state index in [1.165, 1.54) is 43.5 Å². The normalized spacial score (nSPS) is 20.3. The van der Waals surface area contributed by atoms with Gasteiger partial charge in [-0.2, -0.15) is 39.9 Å². The van der Waals surface area contributed by atoms with Crippen molar-refractivity contribution in [2.75, 3.05) is 128 Å². The summed E-state index contributed by atoms with van der Waals surface area (Å²) in [6.45, 7) is 15.9. The Labute approximate surface area is 738 Å². The molecule has 8 aromatic heterocycles. The first-order valence-corrected chi connectivity index (χ1v) is 44.1. The highest BCUT2D eigenvalue weighted by Crippen LogP contribution is 2.55. The maximum absolute atomic E-state index is 14.5. The van der Waals surface area contributed by atoms with Crippen molar-refractivity contribution < 1.29 is 36.5 Å². The molecule has 10 N–H and O–H groups in total. The highest BCUT2D eigenvalue weighted by molar-refractivity contribution is 5.92. The van der Waals surface area contributed by atoms with Crippen LogP contribution in [0.15, 0.2) is 122 Å². The first-order chi connectivity index (χ1) is 62.0. The predicted octanol–water partition coefficient (Wildman–Crippen LogP) is 14.6. The van der Waals surface area contributed by atoms with Gasteiger partial charge in [0, 0.05) is 191 Å². The van der Waals surface area contributed by atoms with Crippen molar-refractivity contribution >= 4 is 46.0 Å². The number of hydrogen-bond donors (Lipinski definition) is 8. The summed E-state index contributed by atoms with van der Waals surface area (Å²) < 4.78 is 81.8. The molecule has 4 aromatic carbocycles. The van der Waals surface area contributed by atoms with Gasteiger partial charge in [0.25, 0.3) is 0 Å². The van der Waals surface area contributed by atoms with Gasteiger partial charge >= 0.3 is 24.0 Å². The van der Waals surface area contributed by atoms with Gasteiger partial charge in [-0.1, -0.05) is 0 Å². The van der Waals surface area contributed by atoms with Gasteiger partial charge in [0.2, 0.25) is 0 Å². The quantitative estimate of drug-likeness (QED) is 0.0417. The van der Waals surface area contributed by atoms with Crippen LogP contribution in [0.5, 0.6) is 47.0 Å². The van der Waals surface area contributed by atoms with Gasteiger partial charge in [0.1, 0.15) is 69.5 Å². The van der Waals surface area contributed by atoms with Crippen LogP contribution in [0.4, 0.5) is 63.6 Å². The first-order valence-electron chi connectivity index (χ1n) is 44.1. The van der Waals surface area contributed by atoms with Crippen LogP contribution >= 0.6 is 0 Å². The minimum absolute atomic E-state index is 0.152. The van der Waals surface area contributed by atoms with Crippen LogP contribution in [0.3, 0.4) is 0 Å². The molecule has 6 aliphatic carbocycles. The van der Waals surface area contributed by atoms with Gasteiger partial charge in [-0.25, -0.2) is 17.6 Å². The van der Waals surface area contributed by atoms with Crippen LogP contribution in [0, 0.1) is 62.3 Å². The number of rotatable bonds is 16. The number of pyridine rings is 4. The standard InChI is InChI=1S/C25H27FN6O.2C24H25FN6O.C23H23FN6O/c1-14-3-4-16(12-29-14)33-24-30-20-11-17-18(9-15(26)10-19(17)28-2)22(20)23(31-24)32-8-7-25(13-32)6-5-21(25)27;1-14-4-5-16(11-27-14)32-23-29-20-10-17-18(8-15(25)9-19(17)26-2)21(20)22(30-23)31-12-24(13-31)6-3-7-28-24;1-12-3-4-16(10-28-12)32-24-29-21-9-17-18(6-14(25)7-20(17)27-2)22(21)23(30-24)31-11-13-5-15(31)8-19(13)26;1-13-3-4-15(10-26-13)31-22-28-19-9-16-17(7-14(24)8-18(16)25-2)20(19)21(29-22)30-11-23(12-30)5-6-27-23/h3-4,9-10,12,21,28H,5-8,11,13,27H2,1-2H3;4-5,8-9,11,26,28H,3,6-7,10,12-13H2,1-2H3;3-4,6-7,10,13,15,19,27H,5,8-9,11,26H2,1-2H3;3-4,7-8,10,25,27H,5-6,9,11-12H2,1-2H3. The lowest BCUT2D eigenvalue weighted by Crippen LogP contribution is -2.76. The number of hydrogen-bond acceptors (Lipinski definition) is 28. The molecular weight excluding hydrogens is 1630 g/mol. The number of nitrogens with zero attached hydrogens (tertiary/aromatic N) is 16. The van der Waals surface area contributed by atoms with E-state index in [-0.39, 0.29) is 63.9 Å². The molecule has 5 unspecified atom stereocenters. The van der Waals surface area contributed by atoms with Gasteiger partial charge in [0.15, 0.2) is 0 Å². The van der Waals surface area contributed by atoms with E-state index >= 15 is 0 Å². The molecule has 12 aliphatic rings. The molecule has 0 radical (unpaired) electrons. The monoisotopic (exact) mass is 1730 g/mol. The fourth-order valence-corrected chi connectivity index (χ4v) is 20.9. The second kappa shape index (κ2) is 32.4. The van der Waals surface area contributed by atoms with E-state index < -0.39 is 0 Å². The third kappa shape index (κ3) is 15.0. The number of nitrogens with one attached hydrogen (secondary N) is 6. The molecule has 5 atom stereocenters. The lowest BCUT2D eigenvalue weighted by atomic mass is 9.64. The van der Waals surface area contributed by atoms with Crippen molar-refractivity contribution in [1.29, 1.82) is 0 Å². The average molecular weight is 1730 g/mol. The van der Waals surface area contributed by atoms with Crippen molar-refractivity contribution in [2.45, 2.75) is 134 Å². The van der Waals surface area contributed by atoms with E-state index in [0.717, 1.165) is 249 Å². The zero-order valence-electron chi connectivity index (χ0n) is 72.7. The molecule has 14 heterocycles. The molecule has 0 amide bonds. The van der Waals surface area contributed by atoms with Crippen LogP contribution in [0.25, 0.3) is 44.5 Å². The molecule has 128 heavy (non-hydrogen) atoms. The van der Waals surface area contributed by atoms with E-state index in [1.807, 2.05) is 104 Å². The summed E-state index contributed by atoms with van der Waals surface area (Å²) in [6, 6.07) is 29.5. The number of ether oxygens (including phenoxy) is 4.